The van der Waals surface area contributed by atoms with Crippen molar-refractivity contribution in [1.82, 2.24) is 5.32 Å². The standard InChI is InChI=1S/C22H28N2O5S/c1-6-24(30(5,26)27)16-9-7-15(8-10-16)21(25)23-19-14-22(2,3)29-20-12-11-17(28-4)13-18(19)20/h7-13,19H,6,14H2,1-5H3,(H,23,25)/t19-/m1/s1. The van der Waals surface area contributed by atoms with Crippen LogP contribution in [-0.2, 0) is 10.0 Å². The van der Waals surface area contributed by atoms with E-state index < -0.39 is 15.6 Å². The summed E-state index contributed by atoms with van der Waals surface area (Å²) in [5.74, 6) is 1.18. The Balaban J connectivity index is 1.84. The number of ether oxygens (including phenoxy) is 2. The second kappa shape index (κ2) is 8.18. The van der Waals surface area contributed by atoms with Gasteiger partial charge in [-0.15, -0.1) is 0 Å². The van der Waals surface area contributed by atoms with Crippen LogP contribution in [0.4, 0.5) is 5.69 Å². The topological polar surface area (TPSA) is 84.9 Å². The minimum atomic E-state index is -3.37. The molecule has 1 atom stereocenters. The fourth-order valence-corrected chi connectivity index (χ4v) is 4.69. The van der Waals surface area contributed by atoms with Gasteiger partial charge in [-0.05, 0) is 63.2 Å². The monoisotopic (exact) mass is 432 g/mol. The van der Waals surface area contributed by atoms with E-state index in [2.05, 4.69) is 5.32 Å². The molecular formula is C22H28N2O5S. The minimum absolute atomic E-state index is 0.236. The van der Waals surface area contributed by atoms with Crippen LogP contribution in [0.1, 0.15) is 49.2 Å². The van der Waals surface area contributed by atoms with Crippen LogP contribution in [-0.4, -0.2) is 39.8 Å². The number of carbonyl (C=O) groups is 1. The molecule has 162 valence electrons. The second-order valence-corrected chi connectivity index (χ2v) is 9.88. The first kappa shape index (κ1) is 22.0. The lowest BCUT2D eigenvalue weighted by Gasteiger charge is -2.38. The van der Waals surface area contributed by atoms with Gasteiger partial charge in [0.15, 0.2) is 0 Å². The van der Waals surface area contributed by atoms with E-state index in [1.165, 1.54) is 4.31 Å². The molecule has 0 unspecified atom stereocenters. The van der Waals surface area contributed by atoms with E-state index >= 15 is 0 Å². The number of nitrogens with zero attached hydrogens (tertiary/aromatic N) is 1. The van der Waals surface area contributed by atoms with Gasteiger partial charge < -0.3 is 14.8 Å². The Morgan fingerprint density at radius 1 is 1.23 bits per heavy atom. The number of hydrogen-bond donors (Lipinski definition) is 1. The average Bonchev–Trinajstić information content (AvgIpc) is 2.67. The molecule has 2 aromatic rings. The first-order valence-corrected chi connectivity index (χ1v) is 11.6. The summed E-state index contributed by atoms with van der Waals surface area (Å²) < 4.78 is 36.5. The zero-order chi connectivity index (χ0) is 22.1. The van der Waals surface area contributed by atoms with Crippen molar-refractivity contribution in [3.63, 3.8) is 0 Å². The average molecular weight is 433 g/mol. The predicted octanol–water partition coefficient (Wildman–Crippen LogP) is 3.51. The first-order valence-electron chi connectivity index (χ1n) is 9.79. The number of fused-ring (bicyclic) bond motifs is 1. The highest BCUT2D eigenvalue weighted by Crippen LogP contribution is 2.41. The number of amides is 1. The van der Waals surface area contributed by atoms with Crippen molar-refractivity contribution in [2.24, 2.45) is 0 Å². The number of carbonyl (C=O) groups excluding carboxylic acids is 1. The normalized spacial score (nSPS) is 17.4. The molecule has 0 spiro atoms. The maximum absolute atomic E-state index is 12.9. The van der Waals surface area contributed by atoms with Crippen LogP contribution in [0.25, 0.3) is 0 Å². The number of benzene rings is 2. The highest BCUT2D eigenvalue weighted by Gasteiger charge is 2.35. The quantitative estimate of drug-likeness (QED) is 0.755. The van der Waals surface area contributed by atoms with Gasteiger partial charge in [-0.2, -0.15) is 0 Å². The van der Waals surface area contributed by atoms with Gasteiger partial charge in [0.2, 0.25) is 10.0 Å². The van der Waals surface area contributed by atoms with Crippen LogP contribution in [0.2, 0.25) is 0 Å². The van der Waals surface area contributed by atoms with Crippen molar-refractivity contribution in [2.45, 2.75) is 38.8 Å². The molecule has 2 aromatic carbocycles. The van der Waals surface area contributed by atoms with Crippen molar-refractivity contribution in [1.29, 1.82) is 0 Å². The molecule has 0 radical (unpaired) electrons. The molecule has 0 saturated heterocycles. The molecule has 8 heteroatoms. The summed E-state index contributed by atoms with van der Waals surface area (Å²) in [7, 11) is -1.77. The van der Waals surface area contributed by atoms with E-state index in [0.29, 0.717) is 30.0 Å². The van der Waals surface area contributed by atoms with Gasteiger partial charge in [-0.3, -0.25) is 9.10 Å². The Labute approximate surface area is 178 Å². The van der Waals surface area contributed by atoms with Crippen LogP contribution in [0.5, 0.6) is 11.5 Å². The molecule has 3 rings (SSSR count). The Morgan fingerprint density at radius 2 is 1.90 bits per heavy atom. The highest BCUT2D eigenvalue weighted by atomic mass is 32.2. The fourth-order valence-electron chi connectivity index (χ4n) is 3.72. The van der Waals surface area contributed by atoms with Crippen LogP contribution in [0.15, 0.2) is 42.5 Å². The van der Waals surface area contributed by atoms with Crippen molar-refractivity contribution in [3.8, 4) is 11.5 Å². The molecular weight excluding hydrogens is 404 g/mol. The van der Waals surface area contributed by atoms with Gasteiger partial charge >= 0.3 is 0 Å². The van der Waals surface area contributed by atoms with E-state index in [9.17, 15) is 13.2 Å². The molecule has 0 bridgehead atoms. The second-order valence-electron chi connectivity index (χ2n) is 7.97. The molecule has 0 fully saturated rings. The third kappa shape index (κ3) is 4.70. The lowest BCUT2D eigenvalue weighted by atomic mass is 9.89. The zero-order valence-electron chi connectivity index (χ0n) is 17.9. The number of sulfonamides is 1. The van der Waals surface area contributed by atoms with Crippen molar-refractivity contribution < 1.29 is 22.7 Å². The molecule has 30 heavy (non-hydrogen) atoms. The molecule has 0 saturated carbocycles. The van der Waals surface area contributed by atoms with Gasteiger partial charge in [0.25, 0.3) is 5.91 Å². The molecule has 1 aliphatic rings. The minimum Gasteiger partial charge on any atom is -0.497 e. The summed E-state index contributed by atoms with van der Waals surface area (Å²) >= 11 is 0. The summed E-state index contributed by atoms with van der Waals surface area (Å²) in [4.78, 5) is 12.9. The van der Waals surface area contributed by atoms with Gasteiger partial charge in [0.05, 0.1) is 25.1 Å². The van der Waals surface area contributed by atoms with Crippen molar-refractivity contribution in [2.75, 3.05) is 24.2 Å². The maximum atomic E-state index is 12.9. The number of hydrogen-bond acceptors (Lipinski definition) is 5. The smallest absolute Gasteiger partial charge is 0.251 e. The number of anilines is 1. The molecule has 1 N–H and O–H groups in total. The third-order valence-electron chi connectivity index (χ3n) is 5.08. The number of nitrogens with one attached hydrogen (secondary N) is 1. The Morgan fingerprint density at radius 3 is 2.47 bits per heavy atom. The van der Waals surface area contributed by atoms with Crippen LogP contribution in [0, 0.1) is 0 Å². The van der Waals surface area contributed by atoms with E-state index in [-0.39, 0.29) is 11.9 Å². The van der Waals surface area contributed by atoms with Gasteiger partial charge in [0, 0.05) is 24.1 Å². The molecule has 0 aliphatic carbocycles. The van der Waals surface area contributed by atoms with Crippen LogP contribution in [0.3, 0.4) is 0 Å². The lowest BCUT2D eigenvalue weighted by Crippen LogP contribution is -2.41. The molecule has 7 nitrogen and oxygen atoms in total. The molecule has 1 heterocycles. The van der Waals surface area contributed by atoms with Crippen LogP contribution < -0.4 is 19.1 Å². The van der Waals surface area contributed by atoms with Crippen LogP contribution >= 0.6 is 0 Å². The first-order chi connectivity index (χ1) is 14.0. The summed E-state index contributed by atoms with van der Waals surface area (Å²) in [6.07, 6.45) is 1.77. The summed E-state index contributed by atoms with van der Waals surface area (Å²) in [5, 5.41) is 3.08. The van der Waals surface area contributed by atoms with Gasteiger partial charge in [-0.25, -0.2) is 8.42 Å². The maximum Gasteiger partial charge on any atom is 0.251 e. The molecule has 0 aromatic heterocycles. The zero-order valence-corrected chi connectivity index (χ0v) is 18.7. The van der Waals surface area contributed by atoms with E-state index in [0.717, 1.165) is 17.6 Å². The summed E-state index contributed by atoms with van der Waals surface area (Å²) in [5.41, 5.74) is 1.42. The summed E-state index contributed by atoms with van der Waals surface area (Å²) in [6, 6.07) is 11.9. The Kier molecular flexibility index (Phi) is 5.99. The van der Waals surface area contributed by atoms with Gasteiger partial charge in [-0.1, -0.05) is 0 Å². The lowest BCUT2D eigenvalue weighted by molar-refractivity contribution is 0.0618. The largest absolute Gasteiger partial charge is 0.497 e. The fraction of sp³-hybridized carbons (Fsp3) is 0.409. The number of rotatable bonds is 6. The Hall–Kier alpha value is -2.74. The highest BCUT2D eigenvalue weighted by molar-refractivity contribution is 7.92. The number of methoxy groups -OCH3 is 1. The summed E-state index contributed by atoms with van der Waals surface area (Å²) in [6.45, 7) is 6.05. The van der Waals surface area contributed by atoms with Crippen molar-refractivity contribution in [3.05, 3.63) is 53.6 Å². The van der Waals surface area contributed by atoms with E-state index in [1.54, 1.807) is 38.3 Å². The molecule has 1 aliphatic heterocycles. The predicted molar refractivity (Wildman–Crippen MR) is 117 cm³/mol. The Bertz CT molecular complexity index is 1030. The van der Waals surface area contributed by atoms with E-state index in [4.69, 9.17) is 9.47 Å². The van der Waals surface area contributed by atoms with Gasteiger partial charge in [0.1, 0.15) is 17.1 Å². The third-order valence-corrected chi connectivity index (χ3v) is 6.35. The van der Waals surface area contributed by atoms with Crippen molar-refractivity contribution >= 4 is 21.6 Å². The SMILES string of the molecule is CCN(c1ccc(C(=O)N[C@@H]2CC(C)(C)Oc3ccc(OC)cc32)cc1)S(C)(=O)=O. The van der Waals surface area contributed by atoms with E-state index in [1.807, 2.05) is 32.0 Å². The molecule has 1 amide bonds.